The summed E-state index contributed by atoms with van der Waals surface area (Å²) in [7, 11) is 0. The van der Waals surface area contributed by atoms with Gasteiger partial charge in [-0.15, -0.1) is 0 Å². The standard InChI is InChI=1S/C16H13FO2/c1-10-5-6-12(14(17)9-10)15(18)13-4-2-3-11-7-8-19-16(11)13/h2-6,9H,7-8H2,1H3. The number of aryl methyl sites for hydroxylation is 1. The largest absolute Gasteiger partial charge is 0.492 e. The number of carbonyl (C=O) groups excluding carboxylic acids is 1. The third-order valence-electron chi connectivity index (χ3n) is 3.33. The Hall–Kier alpha value is -2.16. The number of fused-ring (bicyclic) bond motifs is 1. The zero-order valence-corrected chi connectivity index (χ0v) is 10.6. The van der Waals surface area contributed by atoms with E-state index in [2.05, 4.69) is 0 Å². The van der Waals surface area contributed by atoms with Crippen LogP contribution in [0.1, 0.15) is 27.0 Å². The molecule has 0 fully saturated rings. The number of ketones is 1. The van der Waals surface area contributed by atoms with Crippen LogP contribution in [0.15, 0.2) is 36.4 Å². The van der Waals surface area contributed by atoms with Crippen LogP contribution in [-0.4, -0.2) is 12.4 Å². The van der Waals surface area contributed by atoms with Crippen LogP contribution in [0.25, 0.3) is 0 Å². The molecular weight excluding hydrogens is 243 g/mol. The maximum atomic E-state index is 13.9. The molecule has 0 N–H and O–H groups in total. The molecule has 0 amide bonds. The van der Waals surface area contributed by atoms with Crippen molar-refractivity contribution in [1.82, 2.24) is 0 Å². The summed E-state index contributed by atoms with van der Waals surface area (Å²) in [4.78, 5) is 12.4. The molecule has 2 nitrogen and oxygen atoms in total. The lowest BCUT2D eigenvalue weighted by Crippen LogP contribution is -2.06. The normalized spacial score (nSPS) is 12.9. The van der Waals surface area contributed by atoms with Crippen LogP contribution in [0.3, 0.4) is 0 Å². The van der Waals surface area contributed by atoms with Crippen LogP contribution < -0.4 is 4.74 Å². The third-order valence-corrected chi connectivity index (χ3v) is 3.33. The van der Waals surface area contributed by atoms with E-state index in [1.54, 1.807) is 19.1 Å². The minimum absolute atomic E-state index is 0.0921. The Labute approximate surface area is 110 Å². The highest BCUT2D eigenvalue weighted by atomic mass is 19.1. The molecule has 3 rings (SSSR count). The van der Waals surface area contributed by atoms with Gasteiger partial charge in [0.15, 0.2) is 5.78 Å². The van der Waals surface area contributed by atoms with E-state index in [1.165, 1.54) is 12.1 Å². The second kappa shape index (κ2) is 4.50. The average Bonchev–Trinajstić information content (AvgIpc) is 2.86. The first-order chi connectivity index (χ1) is 9.16. The van der Waals surface area contributed by atoms with Gasteiger partial charge in [0.1, 0.15) is 11.6 Å². The van der Waals surface area contributed by atoms with Crippen molar-refractivity contribution in [3.63, 3.8) is 0 Å². The van der Waals surface area contributed by atoms with Gasteiger partial charge in [0.25, 0.3) is 0 Å². The predicted molar refractivity (Wildman–Crippen MR) is 70.2 cm³/mol. The minimum Gasteiger partial charge on any atom is -0.492 e. The van der Waals surface area contributed by atoms with Crippen molar-refractivity contribution < 1.29 is 13.9 Å². The number of para-hydroxylation sites is 1. The summed E-state index contributed by atoms with van der Waals surface area (Å²) in [6, 6.07) is 10.1. The van der Waals surface area contributed by atoms with Gasteiger partial charge in [0.2, 0.25) is 0 Å². The topological polar surface area (TPSA) is 26.3 Å². The van der Waals surface area contributed by atoms with Crippen molar-refractivity contribution in [1.29, 1.82) is 0 Å². The minimum atomic E-state index is -0.486. The monoisotopic (exact) mass is 256 g/mol. The Morgan fingerprint density at radius 1 is 1.21 bits per heavy atom. The van der Waals surface area contributed by atoms with E-state index in [0.29, 0.717) is 17.9 Å². The van der Waals surface area contributed by atoms with Crippen LogP contribution in [0, 0.1) is 12.7 Å². The number of carbonyl (C=O) groups is 1. The summed E-state index contributed by atoms with van der Waals surface area (Å²) in [5.41, 5.74) is 2.34. The summed E-state index contributed by atoms with van der Waals surface area (Å²) >= 11 is 0. The molecule has 0 spiro atoms. The van der Waals surface area contributed by atoms with Crippen molar-refractivity contribution in [2.24, 2.45) is 0 Å². The molecule has 0 aromatic heterocycles. The molecule has 2 aromatic carbocycles. The number of hydrogen-bond donors (Lipinski definition) is 0. The van der Waals surface area contributed by atoms with E-state index in [-0.39, 0.29) is 11.3 Å². The number of hydrogen-bond acceptors (Lipinski definition) is 2. The fourth-order valence-electron chi connectivity index (χ4n) is 2.34. The molecular formula is C16H13FO2. The molecule has 96 valence electrons. The Bertz CT molecular complexity index is 662. The Balaban J connectivity index is 2.08. The molecule has 19 heavy (non-hydrogen) atoms. The van der Waals surface area contributed by atoms with E-state index in [1.807, 2.05) is 12.1 Å². The molecule has 1 heterocycles. The lowest BCUT2D eigenvalue weighted by Gasteiger charge is -2.08. The molecule has 0 unspecified atom stereocenters. The summed E-state index contributed by atoms with van der Waals surface area (Å²) < 4.78 is 19.4. The fourth-order valence-corrected chi connectivity index (χ4v) is 2.34. The first-order valence-corrected chi connectivity index (χ1v) is 6.22. The van der Waals surface area contributed by atoms with Crippen LogP contribution in [0.2, 0.25) is 0 Å². The summed E-state index contributed by atoms with van der Waals surface area (Å²) in [5.74, 6) is -0.204. The average molecular weight is 256 g/mol. The lowest BCUT2D eigenvalue weighted by molar-refractivity contribution is 0.103. The molecule has 2 aromatic rings. The van der Waals surface area contributed by atoms with E-state index in [4.69, 9.17) is 4.74 Å². The van der Waals surface area contributed by atoms with Crippen molar-refractivity contribution >= 4 is 5.78 Å². The first kappa shape index (κ1) is 11.9. The quantitative estimate of drug-likeness (QED) is 0.771. The number of rotatable bonds is 2. The molecule has 1 aliphatic rings. The molecule has 0 radical (unpaired) electrons. The fraction of sp³-hybridized carbons (Fsp3) is 0.188. The van der Waals surface area contributed by atoms with Crippen LogP contribution >= 0.6 is 0 Å². The smallest absolute Gasteiger partial charge is 0.199 e. The molecule has 0 saturated carbocycles. The third kappa shape index (κ3) is 2.01. The van der Waals surface area contributed by atoms with Crippen molar-refractivity contribution in [2.45, 2.75) is 13.3 Å². The predicted octanol–water partition coefficient (Wildman–Crippen LogP) is 3.30. The van der Waals surface area contributed by atoms with E-state index in [0.717, 1.165) is 17.5 Å². The zero-order valence-electron chi connectivity index (χ0n) is 10.6. The molecule has 1 aliphatic heterocycles. The number of halogens is 1. The molecule has 0 saturated heterocycles. The Kier molecular flexibility index (Phi) is 2.82. The van der Waals surface area contributed by atoms with Gasteiger partial charge in [-0.05, 0) is 36.2 Å². The number of ether oxygens (including phenoxy) is 1. The maximum absolute atomic E-state index is 13.9. The SMILES string of the molecule is Cc1ccc(C(=O)c2cccc3c2OCC3)c(F)c1. The molecule has 3 heteroatoms. The molecule has 0 atom stereocenters. The second-order valence-electron chi connectivity index (χ2n) is 4.70. The van der Waals surface area contributed by atoms with Gasteiger partial charge in [0.05, 0.1) is 17.7 Å². The maximum Gasteiger partial charge on any atom is 0.199 e. The summed E-state index contributed by atoms with van der Waals surface area (Å²) in [5, 5.41) is 0. The van der Waals surface area contributed by atoms with Crippen LogP contribution in [-0.2, 0) is 6.42 Å². The Morgan fingerprint density at radius 3 is 2.84 bits per heavy atom. The highest BCUT2D eigenvalue weighted by molar-refractivity contribution is 6.11. The second-order valence-corrected chi connectivity index (χ2v) is 4.70. The van der Waals surface area contributed by atoms with Gasteiger partial charge in [0, 0.05) is 6.42 Å². The van der Waals surface area contributed by atoms with Gasteiger partial charge in [-0.1, -0.05) is 18.2 Å². The van der Waals surface area contributed by atoms with E-state index >= 15 is 0 Å². The zero-order chi connectivity index (χ0) is 13.4. The van der Waals surface area contributed by atoms with Gasteiger partial charge >= 0.3 is 0 Å². The van der Waals surface area contributed by atoms with E-state index in [9.17, 15) is 9.18 Å². The Morgan fingerprint density at radius 2 is 2.05 bits per heavy atom. The van der Waals surface area contributed by atoms with Gasteiger partial charge in [-0.25, -0.2) is 4.39 Å². The molecule has 0 aliphatic carbocycles. The highest BCUT2D eigenvalue weighted by Gasteiger charge is 2.23. The van der Waals surface area contributed by atoms with Crippen LogP contribution in [0.5, 0.6) is 5.75 Å². The van der Waals surface area contributed by atoms with Gasteiger partial charge in [-0.3, -0.25) is 4.79 Å². The summed E-state index contributed by atoms with van der Waals surface area (Å²) in [6.45, 7) is 2.37. The van der Waals surface area contributed by atoms with Crippen molar-refractivity contribution in [2.75, 3.05) is 6.61 Å². The molecule has 0 bridgehead atoms. The van der Waals surface area contributed by atoms with Gasteiger partial charge < -0.3 is 4.74 Å². The van der Waals surface area contributed by atoms with E-state index < -0.39 is 5.82 Å². The first-order valence-electron chi connectivity index (χ1n) is 6.22. The van der Waals surface area contributed by atoms with Crippen molar-refractivity contribution in [3.05, 3.63) is 64.5 Å². The summed E-state index contributed by atoms with van der Waals surface area (Å²) in [6.07, 6.45) is 0.798. The number of benzene rings is 2. The van der Waals surface area contributed by atoms with Crippen LogP contribution in [0.4, 0.5) is 4.39 Å². The van der Waals surface area contributed by atoms with Gasteiger partial charge in [-0.2, -0.15) is 0 Å². The highest BCUT2D eigenvalue weighted by Crippen LogP contribution is 2.31. The lowest BCUT2D eigenvalue weighted by atomic mass is 9.98. The van der Waals surface area contributed by atoms with Crippen molar-refractivity contribution in [3.8, 4) is 5.75 Å².